The number of esters is 1. The van der Waals surface area contributed by atoms with Gasteiger partial charge < -0.3 is 15.0 Å². The highest BCUT2D eigenvalue weighted by molar-refractivity contribution is 5.95. The zero-order valence-electron chi connectivity index (χ0n) is 12.9. The molecule has 6 heteroatoms. The third-order valence-electron chi connectivity index (χ3n) is 3.10. The highest BCUT2D eigenvalue weighted by Gasteiger charge is 2.14. The molecule has 23 heavy (non-hydrogen) atoms. The van der Waals surface area contributed by atoms with E-state index in [9.17, 15) is 14.0 Å². The Morgan fingerprint density at radius 1 is 1.09 bits per heavy atom. The average Bonchev–Trinajstić information content (AvgIpc) is 2.53. The van der Waals surface area contributed by atoms with Gasteiger partial charge in [0.05, 0.1) is 5.56 Å². The summed E-state index contributed by atoms with van der Waals surface area (Å²) in [5.41, 5.74) is 1.38. The Labute approximate surface area is 133 Å². The normalized spacial score (nSPS) is 10.0. The minimum atomic E-state index is -0.874. The van der Waals surface area contributed by atoms with E-state index in [0.29, 0.717) is 5.69 Å². The Morgan fingerprint density at radius 2 is 1.74 bits per heavy atom. The summed E-state index contributed by atoms with van der Waals surface area (Å²) in [5.74, 6) is -2.05. The minimum absolute atomic E-state index is 0.198. The van der Waals surface area contributed by atoms with Gasteiger partial charge in [-0.3, -0.25) is 4.79 Å². The van der Waals surface area contributed by atoms with E-state index in [2.05, 4.69) is 5.32 Å². The number of hydrogen-bond donors (Lipinski definition) is 1. The Balaban J connectivity index is 1.88. The summed E-state index contributed by atoms with van der Waals surface area (Å²) in [7, 11) is 3.82. The zero-order valence-corrected chi connectivity index (χ0v) is 12.9. The van der Waals surface area contributed by atoms with E-state index < -0.39 is 24.3 Å². The van der Waals surface area contributed by atoms with Crippen molar-refractivity contribution in [1.82, 2.24) is 0 Å². The van der Waals surface area contributed by atoms with E-state index in [1.165, 1.54) is 18.2 Å². The fraction of sp³-hybridized carbons (Fsp3) is 0.176. The van der Waals surface area contributed by atoms with Crippen LogP contribution < -0.4 is 10.2 Å². The number of carbonyl (C=O) groups excluding carboxylic acids is 2. The van der Waals surface area contributed by atoms with Crippen molar-refractivity contribution in [2.45, 2.75) is 0 Å². The lowest BCUT2D eigenvalue weighted by Crippen LogP contribution is -2.21. The molecule has 0 spiro atoms. The van der Waals surface area contributed by atoms with E-state index in [0.717, 1.165) is 11.8 Å². The number of rotatable bonds is 5. The van der Waals surface area contributed by atoms with Crippen LogP contribution in [-0.4, -0.2) is 32.6 Å². The van der Waals surface area contributed by atoms with E-state index in [4.69, 9.17) is 4.74 Å². The Morgan fingerprint density at radius 3 is 2.35 bits per heavy atom. The molecular formula is C17H17FN2O3. The number of nitrogens with one attached hydrogen (secondary N) is 1. The van der Waals surface area contributed by atoms with Crippen molar-refractivity contribution in [3.05, 3.63) is 59.9 Å². The largest absolute Gasteiger partial charge is 0.452 e. The first-order chi connectivity index (χ1) is 11.0. The summed E-state index contributed by atoms with van der Waals surface area (Å²) < 4.78 is 18.2. The van der Waals surface area contributed by atoms with Gasteiger partial charge in [-0.2, -0.15) is 0 Å². The van der Waals surface area contributed by atoms with Crippen LogP contribution in [0.3, 0.4) is 0 Å². The summed E-state index contributed by atoms with van der Waals surface area (Å²) in [6, 6.07) is 12.6. The molecule has 2 aromatic carbocycles. The number of ether oxygens (including phenoxy) is 1. The van der Waals surface area contributed by atoms with E-state index >= 15 is 0 Å². The van der Waals surface area contributed by atoms with Crippen LogP contribution in [-0.2, 0) is 9.53 Å². The van der Waals surface area contributed by atoms with Crippen LogP contribution in [0.25, 0.3) is 0 Å². The fourth-order valence-electron chi connectivity index (χ4n) is 1.88. The maximum atomic E-state index is 13.4. The lowest BCUT2D eigenvalue weighted by molar-refractivity contribution is -0.119. The lowest BCUT2D eigenvalue weighted by atomic mass is 10.2. The van der Waals surface area contributed by atoms with Crippen molar-refractivity contribution in [1.29, 1.82) is 0 Å². The van der Waals surface area contributed by atoms with E-state index in [-0.39, 0.29) is 5.56 Å². The molecule has 0 radical (unpaired) electrons. The molecule has 0 fully saturated rings. The molecule has 2 aromatic rings. The fourth-order valence-corrected chi connectivity index (χ4v) is 1.88. The van der Waals surface area contributed by atoms with Crippen molar-refractivity contribution in [3.8, 4) is 0 Å². The predicted molar refractivity (Wildman–Crippen MR) is 86.1 cm³/mol. The minimum Gasteiger partial charge on any atom is -0.452 e. The van der Waals surface area contributed by atoms with E-state index in [1.807, 2.05) is 31.1 Å². The van der Waals surface area contributed by atoms with Crippen LogP contribution in [0.1, 0.15) is 10.4 Å². The van der Waals surface area contributed by atoms with Crippen molar-refractivity contribution < 1.29 is 18.7 Å². The Bertz CT molecular complexity index is 699. The van der Waals surface area contributed by atoms with Gasteiger partial charge in [-0.05, 0) is 36.4 Å². The third kappa shape index (κ3) is 4.54. The second-order valence-electron chi connectivity index (χ2n) is 5.05. The average molecular weight is 316 g/mol. The summed E-state index contributed by atoms with van der Waals surface area (Å²) >= 11 is 0. The lowest BCUT2D eigenvalue weighted by Gasteiger charge is -2.13. The van der Waals surface area contributed by atoms with Gasteiger partial charge in [0.25, 0.3) is 5.91 Å². The summed E-state index contributed by atoms with van der Waals surface area (Å²) in [4.78, 5) is 25.4. The van der Waals surface area contributed by atoms with Crippen molar-refractivity contribution in [2.75, 3.05) is 30.9 Å². The summed E-state index contributed by atoms with van der Waals surface area (Å²) in [6.07, 6.45) is 0. The molecule has 0 heterocycles. The molecule has 0 saturated carbocycles. The summed E-state index contributed by atoms with van der Waals surface area (Å²) in [5, 5.41) is 2.60. The number of benzene rings is 2. The van der Waals surface area contributed by atoms with Crippen molar-refractivity contribution >= 4 is 23.3 Å². The molecule has 0 aliphatic heterocycles. The predicted octanol–water partition coefficient (Wildman–Crippen LogP) is 2.69. The molecule has 1 amide bonds. The molecule has 0 bridgehead atoms. The molecule has 0 atom stereocenters. The topological polar surface area (TPSA) is 58.6 Å². The van der Waals surface area contributed by atoms with Gasteiger partial charge in [0.15, 0.2) is 6.61 Å². The molecule has 0 aliphatic rings. The van der Waals surface area contributed by atoms with Crippen LogP contribution in [0.2, 0.25) is 0 Å². The molecule has 0 unspecified atom stereocenters. The van der Waals surface area contributed by atoms with Crippen molar-refractivity contribution in [2.24, 2.45) is 0 Å². The monoisotopic (exact) mass is 316 g/mol. The second kappa shape index (κ2) is 7.40. The highest BCUT2D eigenvalue weighted by atomic mass is 19.1. The molecule has 0 aromatic heterocycles. The smallest absolute Gasteiger partial charge is 0.341 e. The number of anilines is 2. The standard InChI is InChI=1S/C17H17FN2O3/c1-20(2)13-9-7-12(8-10-13)19-16(21)11-23-17(22)14-5-3-4-6-15(14)18/h3-10H,11H2,1-2H3,(H,19,21). The molecule has 120 valence electrons. The molecular weight excluding hydrogens is 299 g/mol. The van der Waals surface area contributed by atoms with Crippen LogP contribution >= 0.6 is 0 Å². The SMILES string of the molecule is CN(C)c1ccc(NC(=O)COC(=O)c2ccccc2F)cc1. The first kappa shape index (κ1) is 16.5. The van der Waals surface area contributed by atoms with Gasteiger partial charge in [-0.25, -0.2) is 9.18 Å². The first-order valence-electron chi connectivity index (χ1n) is 6.96. The van der Waals surface area contributed by atoms with Crippen LogP contribution in [0.5, 0.6) is 0 Å². The molecule has 0 saturated heterocycles. The number of hydrogen-bond acceptors (Lipinski definition) is 4. The first-order valence-corrected chi connectivity index (χ1v) is 6.96. The number of halogens is 1. The van der Waals surface area contributed by atoms with Gasteiger partial charge in [0.1, 0.15) is 5.82 Å². The van der Waals surface area contributed by atoms with Crippen LogP contribution in [0.15, 0.2) is 48.5 Å². The van der Waals surface area contributed by atoms with Gasteiger partial charge in [0, 0.05) is 25.5 Å². The Hall–Kier alpha value is -2.89. The van der Waals surface area contributed by atoms with Crippen LogP contribution in [0.4, 0.5) is 15.8 Å². The molecule has 1 N–H and O–H groups in total. The second-order valence-corrected chi connectivity index (χ2v) is 5.05. The zero-order chi connectivity index (χ0) is 16.8. The number of amides is 1. The Kier molecular flexibility index (Phi) is 5.30. The van der Waals surface area contributed by atoms with Gasteiger partial charge in [0.2, 0.25) is 0 Å². The number of carbonyl (C=O) groups is 2. The number of nitrogens with zero attached hydrogens (tertiary/aromatic N) is 1. The molecule has 2 rings (SSSR count). The molecule has 5 nitrogen and oxygen atoms in total. The van der Waals surface area contributed by atoms with Gasteiger partial charge >= 0.3 is 5.97 Å². The van der Waals surface area contributed by atoms with Crippen LogP contribution in [0, 0.1) is 5.82 Å². The quantitative estimate of drug-likeness (QED) is 0.862. The van der Waals surface area contributed by atoms with Gasteiger partial charge in [-0.15, -0.1) is 0 Å². The van der Waals surface area contributed by atoms with E-state index in [1.54, 1.807) is 12.1 Å². The summed E-state index contributed by atoms with van der Waals surface area (Å²) in [6.45, 7) is -0.484. The maximum Gasteiger partial charge on any atom is 0.341 e. The highest BCUT2D eigenvalue weighted by Crippen LogP contribution is 2.15. The third-order valence-corrected chi connectivity index (χ3v) is 3.10. The maximum absolute atomic E-state index is 13.4. The van der Waals surface area contributed by atoms with Crippen molar-refractivity contribution in [3.63, 3.8) is 0 Å². The van der Waals surface area contributed by atoms with Gasteiger partial charge in [-0.1, -0.05) is 12.1 Å². The molecule has 0 aliphatic carbocycles.